The summed E-state index contributed by atoms with van der Waals surface area (Å²) in [5.74, 6) is 1.30. The van der Waals surface area contributed by atoms with E-state index in [1.54, 1.807) is 0 Å². The quantitative estimate of drug-likeness (QED) is 0.622. The lowest BCUT2D eigenvalue weighted by Crippen LogP contribution is -1.95. The Balaban J connectivity index is 2.28. The number of aryl methyl sites for hydroxylation is 1. The van der Waals surface area contributed by atoms with Crippen LogP contribution in [0.5, 0.6) is 0 Å². The van der Waals surface area contributed by atoms with Gasteiger partial charge in [-0.15, -0.1) is 11.6 Å². The minimum Gasteiger partial charge on any atom is -0.271 e. The standard InChI is InChI=1S/C8H11ClN2/c1-11-7(5-9)4-8(10-11)6-2-3-6/h4,6H,2-3,5H2,1H3. The number of rotatable bonds is 2. The fourth-order valence-corrected chi connectivity index (χ4v) is 1.48. The van der Waals surface area contributed by atoms with Crippen LogP contribution < -0.4 is 0 Å². The zero-order valence-corrected chi connectivity index (χ0v) is 7.30. The van der Waals surface area contributed by atoms with E-state index in [1.807, 2.05) is 11.7 Å². The van der Waals surface area contributed by atoms with Gasteiger partial charge in [0.25, 0.3) is 0 Å². The van der Waals surface area contributed by atoms with Crippen LogP contribution in [0.2, 0.25) is 0 Å². The first kappa shape index (κ1) is 7.17. The Morgan fingerprint density at radius 1 is 1.73 bits per heavy atom. The van der Waals surface area contributed by atoms with E-state index in [1.165, 1.54) is 18.5 Å². The van der Waals surface area contributed by atoms with Crippen LogP contribution in [-0.4, -0.2) is 9.78 Å². The zero-order valence-electron chi connectivity index (χ0n) is 6.55. The molecule has 1 aromatic heterocycles. The van der Waals surface area contributed by atoms with Crippen molar-refractivity contribution < 1.29 is 0 Å². The predicted octanol–water partition coefficient (Wildman–Crippen LogP) is 2.04. The largest absolute Gasteiger partial charge is 0.271 e. The number of hydrogen-bond donors (Lipinski definition) is 0. The molecule has 2 rings (SSSR count). The second-order valence-electron chi connectivity index (χ2n) is 3.09. The number of hydrogen-bond acceptors (Lipinski definition) is 1. The fraction of sp³-hybridized carbons (Fsp3) is 0.625. The first-order valence-electron chi connectivity index (χ1n) is 3.90. The highest BCUT2D eigenvalue weighted by Crippen LogP contribution is 2.39. The third-order valence-electron chi connectivity index (χ3n) is 2.13. The first-order chi connectivity index (χ1) is 5.31. The summed E-state index contributed by atoms with van der Waals surface area (Å²) < 4.78 is 1.88. The van der Waals surface area contributed by atoms with Gasteiger partial charge < -0.3 is 0 Å². The first-order valence-corrected chi connectivity index (χ1v) is 4.43. The molecule has 3 heteroatoms. The van der Waals surface area contributed by atoms with E-state index in [-0.39, 0.29) is 0 Å². The van der Waals surface area contributed by atoms with E-state index in [0.717, 1.165) is 11.6 Å². The Kier molecular flexibility index (Phi) is 1.64. The summed E-state index contributed by atoms with van der Waals surface area (Å²) in [6.45, 7) is 0. The van der Waals surface area contributed by atoms with Crippen molar-refractivity contribution >= 4 is 11.6 Å². The summed E-state index contributed by atoms with van der Waals surface area (Å²) in [5, 5.41) is 4.38. The fourth-order valence-electron chi connectivity index (χ4n) is 1.23. The Hall–Kier alpha value is -0.500. The van der Waals surface area contributed by atoms with Gasteiger partial charge in [-0.2, -0.15) is 5.10 Å². The van der Waals surface area contributed by atoms with Crippen molar-refractivity contribution in [3.05, 3.63) is 17.5 Å². The lowest BCUT2D eigenvalue weighted by molar-refractivity contribution is 0.717. The van der Waals surface area contributed by atoms with E-state index in [9.17, 15) is 0 Å². The van der Waals surface area contributed by atoms with Crippen molar-refractivity contribution in [3.8, 4) is 0 Å². The molecule has 0 amide bonds. The van der Waals surface area contributed by atoms with Crippen molar-refractivity contribution in [1.29, 1.82) is 0 Å². The van der Waals surface area contributed by atoms with Gasteiger partial charge in [0.15, 0.2) is 0 Å². The third kappa shape index (κ3) is 1.27. The molecule has 1 aliphatic rings. The number of nitrogens with zero attached hydrogens (tertiary/aromatic N) is 2. The second kappa shape index (κ2) is 2.52. The van der Waals surface area contributed by atoms with Gasteiger partial charge in [0, 0.05) is 13.0 Å². The third-order valence-corrected chi connectivity index (χ3v) is 2.40. The molecule has 2 nitrogen and oxygen atoms in total. The minimum atomic E-state index is 0.566. The maximum absolute atomic E-state index is 5.71. The summed E-state index contributed by atoms with van der Waals surface area (Å²) in [7, 11) is 1.95. The molecule has 1 aromatic rings. The van der Waals surface area contributed by atoms with Crippen molar-refractivity contribution in [3.63, 3.8) is 0 Å². The van der Waals surface area contributed by atoms with Crippen LogP contribution in [0.1, 0.15) is 30.1 Å². The predicted molar refractivity (Wildman–Crippen MR) is 44.7 cm³/mol. The van der Waals surface area contributed by atoms with Crippen LogP contribution >= 0.6 is 11.6 Å². The van der Waals surface area contributed by atoms with Gasteiger partial charge in [-0.3, -0.25) is 4.68 Å². The number of alkyl halides is 1. The molecule has 0 radical (unpaired) electrons. The van der Waals surface area contributed by atoms with Crippen LogP contribution in [0.4, 0.5) is 0 Å². The molecule has 1 fully saturated rings. The maximum atomic E-state index is 5.71. The smallest absolute Gasteiger partial charge is 0.0658 e. The molecule has 1 aliphatic carbocycles. The van der Waals surface area contributed by atoms with Crippen molar-refractivity contribution in [1.82, 2.24) is 9.78 Å². The zero-order chi connectivity index (χ0) is 7.84. The van der Waals surface area contributed by atoms with Crippen LogP contribution in [0, 0.1) is 0 Å². The molecular formula is C8H11ClN2. The highest BCUT2D eigenvalue weighted by Gasteiger charge is 2.26. The van der Waals surface area contributed by atoms with Gasteiger partial charge in [0.1, 0.15) is 0 Å². The number of aromatic nitrogens is 2. The molecule has 0 bridgehead atoms. The van der Waals surface area contributed by atoms with Crippen molar-refractivity contribution in [2.45, 2.75) is 24.6 Å². The van der Waals surface area contributed by atoms with Crippen molar-refractivity contribution in [2.75, 3.05) is 0 Å². The van der Waals surface area contributed by atoms with Crippen LogP contribution in [0.15, 0.2) is 6.07 Å². The molecule has 0 aromatic carbocycles. The van der Waals surface area contributed by atoms with E-state index >= 15 is 0 Å². The van der Waals surface area contributed by atoms with E-state index in [4.69, 9.17) is 11.6 Å². The molecular weight excluding hydrogens is 160 g/mol. The van der Waals surface area contributed by atoms with Crippen LogP contribution in [-0.2, 0) is 12.9 Å². The van der Waals surface area contributed by atoms with Crippen LogP contribution in [0.3, 0.4) is 0 Å². The maximum Gasteiger partial charge on any atom is 0.0658 e. The second-order valence-corrected chi connectivity index (χ2v) is 3.36. The van der Waals surface area contributed by atoms with E-state index < -0.39 is 0 Å². The van der Waals surface area contributed by atoms with Gasteiger partial charge in [-0.05, 0) is 18.9 Å². The molecule has 11 heavy (non-hydrogen) atoms. The Morgan fingerprint density at radius 2 is 2.45 bits per heavy atom. The normalized spacial score (nSPS) is 17.3. The molecule has 0 unspecified atom stereocenters. The minimum absolute atomic E-state index is 0.566. The molecule has 60 valence electrons. The van der Waals surface area contributed by atoms with Gasteiger partial charge in [-0.1, -0.05) is 0 Å². The highest BCUT2D eigenvalue weighted by molar-refractivity contribution is 6.16. The van der Waals surface area contributed by atoms with Gasteiger partial charge >= 0.3 is 0 Å². The van der Waals surface area contributed by atoms with Crippen LogP contribution in [0.25, 0.3) is 0 Å². The van der Waals surface area contributed by atoms with Gasteiger partial charge in [0.05, 0.1) is 17.3 Å². The lowest BCUT2D eigenvalue weighted by Gasteiger charge is -1.91. The summed E-state index contributed by atoms with van der Waals surface area (Å²) >= 11 is 5.71. The summed E-state index contributed by atoms with van der Waals surface area (Å²) in [5.41, 5.74) is 2.34. The molecule has 0 aliphatic heterocycles. The molecule has 0 N–H and O–H groups in total. The highest BCUT2D eigenvalue weighted by atomic mass is 35.5. The molecule has 1 heterocycles. The molecule has 0 saturated heterocycles. The Labute approximate surface area is 71.2 Å². The van der Waals surface area contributed by atoms with Gasteiger partial charge in [0.2, 0.25) is 0 Å². The average Bonchev–Trinajstić information content (AvgIpc) is 2.76. The average molecular weight is 171 g/mol. The number of halogens is 1. The summed E-state index contributed by atoms with van der Waals surface area (Å²) in [6, 6.07) is 2.12. The Morgan fingerprint density at radius 3 is 2.91 bits per heavy atom. The van der Waals surface area contributed by atoms with E-state index in [0.29, 0.717) is 5.88 Å². The SMILES string of the molecule is Cn1nc(C2CC2)cc1CCl. The van der Waals surface area contributed by atoms with Gasteiger partial charge in [-0.25, -0.2) is 0 Å². The lowest BCUT2D eigenvalue weighted by atomic mass is 10.3. The molecule has 0 spiro atoms. The summed E-state index contributed by atoms with van der Waals surface area (Å²) in [6.07, 6.45) is 2.61. The van der Waals surface area contributed by atoms with Crippen molar-refractivity contribution in [2.24, 2.45) is 7.05 Å². The summed E-state index contributed by atoms with van der Waals surface area (Å²) in [4.78, 5) is 0. The molecule has 1 saturated carbocycles. The monoisotopic (exact) mass is 170 g/mol. The topological polar surface area (TPSA) is 17.8 Å². The Bertz CT molecular complexity index is 263. The molecule has 0 atom stereocenters. The van der Waals surface area contributed by atoms with E-state index in [2.05, 4.69) is 11.2 Å².